The quantitative estimate of drug-likeness (QED) is 0.782. The van der Waals surface area contributed by atoms with E-state index in [0.29, 0.717) is 5.92 Å². The molecule has 1 atom stereocenters. The molecule has 0 unspecified atom stereocenters. The number of nitrogens with zero attached hydrogens (tertiary/aromatic N) is 3. The van der Waals surface area contributed by atoms with Crippen molar-refractivity contribution in [1.29, 1.82) is 0 Å². The van der Waals surface area contributed by atoms with Gasteiger partial charge in [0.15, 0.2) is 6.61 Å². The number of ether oxygens (including phenoxy) is 1. The minimum atomic E-state index is 0.0703. The van der Waals surface area contributed by atoms with Crippen molar-refractivity contribution >= 4 is 5.91 Å². The number of benzene rings is 1. The van der Waals surface area contributed by atoms with Crippen molar-refractivity contribution in [3.05, 3.63) is 47.5 Å². The van der Waals surface area contributed by atoms with Crippen LogP contribution in [0.4, 0.5) is 0 Å². The summed E-state index contributed by atoms with van der Waals surface area (Å²) in [5, 5.41) is 0. The molecule has 1 aromatic carbocycles. The van der Waals surface area contributed by atoms with Crippen molar-refractivity contribution in [1.82, 2.24) is 14.5 Å². The molecule has 2 aliphatic rings. The van der Waals surface area contributed by atoms with E-state index in [-0.39, 0.29) is 12.5 Å². The Hall–Kier alpha value is -2.30. The summed E-state index contributed by atoms with van der Waals surface area (Å²) in [6.45, 7) is 6.84. The van der Waals surface area contributed by atoms with Gasteiger partial charge in [0, 0.05) is 37.9 Å². The van der Waals surface area contributed by atoms with Crippen LogP contribution in [-0.2, 0) is 11.3 Å². The van der Waals surface area contributed by atoms with Crippen molar-refractivity contribution < 1.29 is 9.53 Å². The second-order valence-corrected chi connectivity index (χ2v) is 8.05. The minimum Gasteiger partial charge on any atom is -0.483 e. The highest BCUT2D eigenvalue weighted by atomic mass is 16.5. The van der Waals surface area contributed by atoms with Gasteiger partial charge < -0.3 is 14.2 Å². The van der Waals surface area contributed by atoms with Crippen LogP contribution in [0.15, 0.2) is 30.6 Å². The average Bonchev–Trinajstić information content (AvgIpc) is 3.37. The van der Waals surface area contributed by atoms with Gasteiger partial charge in [0.2, 0.25) is 0 Å². The number of amides is 1. The Morgan fingerprint density at radius 3 is 2.93 bits per heavy atom. The Morgan fingerprint density at radius 1 is 1.26 bits per heavy atom. The molecule has 1 aliphatic carbocycles. The third-order valence-corrected chi connectivity index (χ3v) is 5.94. The van der Waals surface area contributed by atoms with Crippen LogP contribution in [0, 0.1) is 19.8 Å². The van der Waals surface area contributed by atoms with Gasteiger partial charge in [-0.2, -0.15) is 0 Å². The highest BCUT2D eigenvalue weighted by Gasteiger charge is 2.29. The summed E-state index contributed by atoms with van der Waals surface area (Å²) < 4.78 is 8.14. The number of hydrogen-bond donors (Lipinski definition) is 0. The van der Waals surface area contributed by atoms with Crippen LogP contribution in [0.2, 0.25) is 0 Å². The molecule has 0 N–H and O–H groups in total. The van der Waals surface area contributed by atoms with Crippen LogP contribution in [0.1, 0.15) is 48.6 Å². The second-order valence-electron chi connectivity index (χ2n) is 8.05. The number of likely N-dealkylation sites (tertiary alicyclic amines) is 1. The lowest BCUT2D eigenvalue weighted by Gasteiger charge is -2.32. The molecule has 2 heterocycles. The van der Waals surface area contributed by atoms with Crippen molar-refractivity contribution in [2.75, 3.05) is 19.7 Å². The first-order chi connectivity index (χ1) is 13.1. The fourth-order valence-corrected chi connectivity index (χ4v) is 3.94. The molecule has 5 heteroatoms. The van der Waals surface area contributed by atoms with Crippen molar-refractivity contribution in [2.24, 2.45) is 5.92 Å². The fourth-order valence-electron chi connectivity index (χ4n) is 3.94. The molecule has 144 valence electrons. The first-order valence-corrected chi connectivity index (χ1v) is 10.1. The van der Waals surface area contributed by atoms with Gasteiger partial charge >= 0.3 is 0 Å². The van der Waals surface area contributed by atoms with Gasteiger partial charge in [-0.05, 0) is 62.6 Å². The third kappa shape index (κ3) is 4.18. The zero-order valence-electron chi connectivity index (χ0n) is 16.4. The number of imidazole rings is 1. The van der Waals surface area contributed by atoms with Crippen LogP contribution < -0.4 is 4.74 Å². The van der Waals surface area contributed by atoms with E-state index in [2.05, 4.69) is 28.7 Å². The molecule has 1 amide bonds. The van der Waals surface area contributed by atoms with Gasteiger partial charge in [0.05, 0.1) is 0 Å². The second kappa shape index (κ2) is 7.75. The van der Waals surface area contributed by atoms with Crippen LogP contribution in [-0.4, -0.2) is 40.1 Å². The van der Waals surface area contributed by atoms with E-state index in [1.165, 1.54) is 18.4 Å². The fraction of sp³-hybridized carbons (Fsp3) is 0.545. The van der Waals surface area contributed by atoms with Crippen LogP contribution in [0.25, 0.3) is 0 Å². The maximum Gasteiger partial charge on any atom is 0.260 e. The minimum absolute atomic E-state index is 0.0703. The molecule has 1 saturated carbocycles. The smallest absolute Gasteiger partial charge is 0.260 e. The Labute approximate surface area is 161 Å². The molecular formula is C22H29N3O2. The van der Waals surface area contributed by atoms with Crippen molar-refractivity contribution in [3.63, 3.8) is 0 Å². The molecule has 0 bridgehead atoms. The maximum atomic E-state index is 12.7. The first kappa shape index (κ1) is 18.1. The van der Waals surface area contributed by atoms with Gasteiger partial charge in [0.25, 0.3) is 5.91 Å². The first-order valence-electron chi connectivity index (χ1n) is 10.1. The zero-order valence-corrected chi connectivity index (χ0v) is 16.4. The summed E-state index contributed by atoms with van der Waals surface area (Å²) >= 11 is 0. The number of carbonyl (C=O) groups is 1. The molecular weight excluding hydrogens is 338 g/mol. The molecule has 5 nitrogen and oxygen atoms in total. The average molecular weight is 367 g/mol. The monoisotopic (exact) mass is 367 g/mol. The predicted molar refractivity (Wildman–Crippen MR) is 105 cm³/mol. The maximum absolute atomic E-state index is 12.7. The largest absolute Gasteiger partial charge is 0.483 e. The molecule has 2 aromatic rings. The van der Waals surface area contributed by atoms with Crippen molar-refractivity contribution in [3.8, 4) is 5.75 Å². The van der Waals surface area contributed by atoms with Crippen LogP contribution in [0.5, 0.6) is 5.75 Å². The third-order valence-electron chi connectivity index (χ3n) is 5.94. The van der Waals surface area contributed by atoms with E-state index in [0.717, 1.165) is 55.5 Å². The molecule has 2 fully saturated rings. The molecule has 1 saturated heterocycles. The summed E-state index contributed by atoms with van der Waals surface area (Å²) in [6, 6.07) is 5.96. The Kier molecular flexibility index (Phi) is 5.19. The molecule has 0 radical (unpaired) electrons. The molecule has 0 spiro atoms. The van der Waals surface area contributed by atoms with Crippen LogP contribution >= 0.6 is 0 Å². The summed E-state index contributed by atoms with van der Waals surface area (Å²) in [5.41, 5.74) is 2.28. The normalized spacial score (nSPS) is 19.9. The summed E-state index contributed by atoms with van der Waals surface area (Å²) in [6.07, 6.45) is 8.80. The van der Waals surface area contributed by atoms with Gasteiger partial charge in [-0.25, -0.2) is 4.98 Å². The number of carbonyl (C=O) groups excluding carboxylic acids is 1. The van der Waals surface area contributed by atoms with Gasteiger partial charge in [-0.3, -0.25) is 4.79 Å². The number of hydrogen-bond acceptors (Lipinski definition) is 3. The molecule has 1 aromatic heterocycles. The Bertz CT molecular complexity index is 810. The Balaban J connectivity index is 1.37. The zero-order chi connectivity index (χ0) is 18.8. The lowest BCUT2D eigenvalue weighted by Crippen LogP contribution is -2.42. The lowest BCUT2D eigenvalue weighted by molar-refractivity contribution is -0.134. The van der Waals surface area contributed by atoms with Crippen LogP contribution in [0.3, 0.4) is 0 Å². The van der Waals surface area contributed by atoms with E-state index in [9.17, 15) is 4.79 Å². The SMILES string of the molecule is Cc1cccc(OCC(=O)N2CCC[C@@H](c3nccn3CC3CC3)C2)c1C. The van der Waals surface area contributed by atoms with E-state index >= 15 is 0 Å². The molecule has 4 rings (SSSR count). The summed E-state index contributed by atoms with van der Waals surface area (Å²) in [5.74, 6) is 3.18. The molecule has 1 aliphatic heterocycles. The number of aryl methyl sites for hydroxylation is 1. The van der Waals surface area contributed by atoms with Gasteiger partial charge in [-0.1, -0.05) is 12.1 Å². The summed E-state index contributed by atoms with van der Waals surface area (Å²) in [4.78, 5) is 19.3. The topological polar surface area (TPSA) is 47.4 Å². The van der Waals surface area contributed by atoms with Gasteiger partial charge in [-0.15, -0.1) is 0 Å². The van der Waals surface area contributed by atoms with Crippen molar-refractivity contribution in [2.45, 2.75) is 52.0 Å². The number of aromatic nitrogens is 2. The van der Waals surface area contributed by atoms with Gasteiger partial charge in [0.1, 0.15) is 11.6 Å². The number of piperidine rings is 1. The summed E-state index contributed by atoms with van der Waals surface area (Å²) in [7, 11) is 0. The van der Waals surface area contributed by atoms with E-state index in [1.54, 1.807) is 0 Å². The van der Waals surface area contributed by atoms with E-state index < -0.39 is 0 Å². The predicted octanol–water partition coefficient (Wildman–Crippen LogP) is 3.69. The highest BCUT2D eigenvalue weighted by Crippen LogP contribution is 2.33. The van der Waals surface area contributed by atoms with E-state index in [4.69, 9.17) is 4.74 Å². The standard InChI is InChI=1S/C22H29N3O2/c1-16-5-3-7-20(17(16)2)27-15-21(26)24-11-4-6-19(14-24)22-23-10-12-25(22)13-18-8-9-18/h3,5,7,10,12,18-19H,4,6,8-9,11,13-15H2,1-2H3/t19-/m1/s1. The lowest BCUT2D eigenvalue weighted by atomic mass is 9.97. The molecule has 27 heavy (non-hydrogen) atoms. The highest BCUT2D eigenvalue weighted by molar-refractivity contribution is 5.78. The Morgan fingerprint density at radius 2 is 2.11 bits per heavy atom. The number of rotatable bonds is 6. The van der Waals surface area contributed by atoms with E-state index in [1.807, 2.05) is 30.2 Å².